The lowest BCUT2D eigenvalue weighted by Crippen LogP contribution is -2.17. The summed E-state index contributed by atoms with van der Waals surface area (Å²) in [4.78, 5) is 4.47. The molecule has 1 unspecified atom stereocenters. The number of thioether (sulfide) groups is 1. The first-order chi connectivity index (χ1) is 8.34. The minimum absolute atomic E-state index is 0.186. The van der Waals surface area contributed by atoms with Crippen molar-refractivity contribution in [2.75, 3.05) is 0 Å². The zero-order valence-corrected chi connectivity index (χ0v) is 10.0. The van der Waals surface area contributed by atoms with Gasteiger partial charge < -0.3 is 5.73 Å². The van der Waals surface area contributed by atoms with E-state index in [1.165, 1.54) is 22.5 Å². The Morgan fingerprint density at radius 2 is 1.88 bits per heavy atom. The number of allylic oxidation sites excluding steroid dienone is 1. The van der Waals surface area contributed by atoms with Gasteiger partial charge in [-0.15, -0.1) is 0 Å². The molecule has 0 bridgehead atoms. The third kappa shape index (κ3) is 1.99. The molecule has 3 heteroatoms. The third-order valence-electron chi connectivity index (χ3n) is 2.78. The second-order valence-electron chi connectivity index (χ2n) is 3.87. The number of benzene rings is 2. The van der Waals surface area contributed by atoms with E-state index in [-0.39, 0.29) is 5.50 Å². The Bertz CT molecular complexity index is 611. The molecule has 0 saturated carbocycles. The summed E-state index contributed by atoms with van der Waals surface area (Å²) in [5.74, 6) is 0. The molecule has 0 fully saturated rings. The zero-order chi connectivity index (χ0) is 11.7. The second kappa shape index (κ2) is 4.35. The molecule has 1 aliphatic heterocycles. The molecule has 1 heterocycles. The fraction of sp³-hybridized carbons (Fsp3) is 0.0714. The van der Waals surface area contributed by atoms with Crippen LogP contribution in [0, 0.1) is 0 Å². The first-order valence-electron chi connectivity index (χ1n) is 5.48. The maximum Gasteiger partial charge on any atom is 0.149 e. The Hall–Kier alpha value is -1.58. The van der Waals surface area contributed by atoms with E-state index in [4.69, 9.17) is 5.73 Å². The molecule has 3 rings (SSSR count). The number of nitrogens with two attached hydrogens (primary N) is 1. The van der Waals surface area contributed by atoms with Crippen molar-refractivity contribution in [2.24, 2.45) is 10.7 Å². The van der Waals surface area contributed by atoms with Gasteiger partial charge in [0.1, 0.15) is 5.50 Å². The van der Waals surface area contributed by atoms with Crippen LogP contribution in [0.15, 0.2) is 58.9 Å². The largest absolute Gasteiger partial charge is 0.301 e. The second-order valence-corrected chi connectivity index (χ2v) is 4.90. The number of rotatable bonds is 1. The van der Waals surface area contributed by atoms with Crippen molar-refractivity contribution < 1.29 is 0 Å². The number of nitrogens with zero attached hydrogens (tertiary/aromatic N) is 1. The minimum Gasteiger partial charge on any atom is -0.301 e. The molecule has 0 aliphatic carbocycles. The highest BCUT2D eigenvalue weighted by molar-refractivity contribution is 8.02. The molecule has 0 amide bonds. The maximum absolute atomic E-state index is 5.83. The molecule has 84 valence electrons. The Morgan fingerprint density at radius 1 is 1.06 bits per heavy atom. The summed E-state index contributed by atoms with van der Waals surface area (Å²) in [6, 6.07) is 14.6. The van der Waals surface area contributed by atoms with Crippen LogP contribution >= 0.6 is 11.8 Å². The van der Waals surface area contributed by atoms with E-state index < -0.39 is 0 Å². The first-order valence-corrected chi connectivity index (χ1v) is 6.42. The molecule has 2 aromatic carbocycles. The number of aliphatic imine (C=N–C) groups is 1. The van der Waals surface area contributed by atoms with Crippen LogP contribution in [0.3, 0.4) is 0 Å². The standard InChI is InChI=1S/C14H12N2S/c15-14-16-13(8-9-17-14)12-7-3-5-10-4-1-2-6-11(10)12/h1-9,14H,15H2. The highest BCUT2D eigenvalue weighted by Gasteiger charge is 2.10. The molecule has 2 aromatic rings. The smallest absolute Gasteiger partial charge is 0.149 e. The van der Waals surface area contributed by atoms with Crippen LogP contribution in [0.4, 0.5) is 0 Å². The average Bonchev–Trinajstić information content (AvgIpc) is 2.38. The molecule has 2 N–H and O–H groups in total. The maximum atomic E-state index is 5.83. The molecule has 2 nitrogen and oxygen atoms in total. The van der Waals surface area contributed by atoms with Crippen LogP contribution in [-0.4, -0.2) is 11.2 Å². The molecule has 0 saturated heterocycles. The van der Waals surface area contributed by atoms with Crippen LogP contribution in [0.5, 0.6) is 0 Å². The Morgan fingerprint density at radius 3 is 2.76 bits per heavy atom. The van der Waals surface area contributed by atoms with Gasteiger partial charge in [0.05, 0.1) is 5.71 Å². The molecule has 0 aromatic heterocycles. The topological polar surface area (TPSA) is 38.4 Å². The lowest BCUT2D eigenvalue weighted by molar-refractivity contribution is 0.991. The normalized spacial score (nSPS) is 19.4. The number of fused-ring (bicyclic) bond motifs is 1. The summed E-state index contributed by atoms with van der Waals surface area (Å²) in [6.45, 7) is 0. The van der Waals surface area contributed by atoms with Gasteiger partial charge in [0.25, 0.3) is 0 Å². The van der Waals surface area contributed by atoms with Gasteiger partial charge in [0, 0.05) is 5.56 Å². The van der Waals surface area contributed by atoms with Crippen molar-refractivity contribution in [1.29, 1.82) is 0 Å². The van der Waals surface area contributed by atoms with E-state index >= 15 is 0 Å². The quantitative estimate of drug-likeness (QED) is 0.831. The van der Waals surface area contributed by atoms with E-state index in [0.29, 0.717) is 0 Å². The van der Waals surface area contributed by atoms with Gasteiger partial charge in [0.2, 0.25) is 0 Å². The van der Waals surface area contributed by atoms with Crippen LogP contribution in [0.2, 0.25) is 0 Å². The minimum atomic E-state index is -0.186. The Kier molecular flexibility index (Phi) is 2.71. The van der Waals surface area contributed by atoms with E-state index in [2.05, 4.69) is 35.3 Å². The monoisotopic (exact) mass is 240 g/mol. The van der Waals surface area contributed by atoms with Gasteiger partial charge in [0.15, 0.2) is 0 Å². The highest BCUT2D eigenvalue weighted by Crippen LogP contribution is 2.23. The van der Waals surface area contributed by atoms with Crippen LogP contribution in [-0.2, 0) is 0 Å². The summed E-state index contributed by atoms with van der Waals surface area (Å²) in [6.07, 6.45) is 2.02. The van der Waals surface area contributed by atoms with E-state index in [1.54, 1.807) is 0 Å². The average molecular weight is 240 g/mol. The van der Waals surface area contributed by atoms with Crippen LogP contribution in [0.1, 0.15) is 5.56 Å². The van der Waals surface area contributed by atoms with E-state index in [1.807, 2.05) is 23.6 Å². The Balaban J connectivity index is 2.21. The van der Waals surface area contributed by atoms with Crippen molar-refractivity contribution >= 4 is 28.2 Å². The predicted molar refractivity (Wildman–Crippen MR) is 75.2 cm³/mol. The van der Waals surface area contributed by atoms with E-state index in [0.717, 1.165) is 11.3 Å². The van der Waals surface area contributed by atoms with Gasteiger partial charge in [-0.1, -0.05) is 54.2 Å². The van der Waals surface area contributed by atoms with Crippen molar-refractivity contribution in [1.82, 2.24) is 0 Å². The van der Waals surface area contributed by atoms with Crippen molar-refractivity contribution in [2.45, 2.75) is 5.50 Å². The summed E-state index contributed by atoms with van der Waals surface area (Å²) in [7, 11) is 0. The SMILES string of the molecule is NC1N=C(c2cccc3ccccc23)C=CS1. The molecule has 0 spiro atoms. The fourth-order valence-corrected chi connectivity index (χ4v) is 2.55. The molecular formula is C14H12N2S. The van der Waals surface area contributed by atoms with Crippen LogP contribution < -0.4 is 5.73 Å². The van der Waals surface area contributed by atoms with Crippen molar-refractivity contribution in [3.63, 3.8) is 0 Å². The zero-order valence-electron chi connectivity index (χ0n) is 9.21. The van der Waals surface area contributed by atoms with Gasteiger partial charge in [-0.3, -0.25) is 4.99 Å². The highest BCUT2D eigenvalue weighted by atomic mass is 32.2. The van der Waals surface area contributed by atoms with Crippen LogP contribution in [0.25, 0.3) is 10.8 Å². The van der Waals surface area contributed by atoms with Crippen molar-refractivity contribution in [3.05, 3.63) is 59.5 Å². The molecule has 0 radical (unpaired) electrons. The molecule has 17 heavy (non-hydrogen) atoms. The van der Waals surface area contributed by atoms with Gasteiger partial charge in [-0.05, 0) is 22.3 Å². The molecular weight excluding hydrogens is 228 g/mol. The molecule has 1 aliphatic rings. The van der Waals surface area contributed by atoms with Gasteiger partial charge in [-0.2, -0.15) is 0 Å². The first kappa shape index (κ1) is 10.6. The Labute approximate surface area is 104 Å². The van der Waals surface area contributed by atoms with Gasteiger partial charge >= 0.3 is 0 Å². The predicted octanol–water partition coefficient (Wildman–Crippen LogP) is 3.13. The lowest BCUT2D eigenvalue weighted by atomic mass is 10.0. The van der Waals surface area contributed by atoms with Gasteiger partial charge in [-0.25, -0.2) is 0 Å². The third-order valence-corrected chi connectivity index (χ3v) is 3.45. The molecule has 1 atom stereocenters. The number of hydrogen-bond donors (Lipinski definition) is 1. The van der Waals surface area contributed by atoms with E-state index in [9.17, 15) is 0 Å². The summed E-state index contributed by atoms with van der Waals surface area (Å²) in [5.41, 5.74) is 7.76. The van der Waals surface area contributed by atoms with Crippen molar-refractivity contribution in [3.8, 4) is 0 Å². The lowest BCUT2D eigenvalue weighted by Gasteiger charge is -2.13. The fourth-order valence-electron chi connectivity index (χ4n) is 2.00. The number of hydrogen-bond acceptors (Lipinski definition) is 3. The summed E-state index contributed by atoms with van der Waals surface area (Å²) in [5, 5.41) is 4.46. The summed E-state index contributed by atoms with van der Waals surface area (Å²) >= 11 is 1.53. The summed E-state index contributed by atoms with van der Waals surface area (Å²) < 4.78 is 0.